The molecule has 1 aliphatic carbocycles. The Labute approximate surface area is 159 Å². The molecule has 0 atom stereocenters. The molecule has 8 heteroatoms. The highest BCUT2D eigenvalue weighted by Gasteiger charge is 2.31. The minimum atomic E-state index is -0.613. The lowest BCUT2D eigenvalue weighted by molar-refractivity contribution is -0.137. The Morgan fingerprint density at radius 3 is 2.64 bits per heavy atom. The van der Waals surface area contributed by atoms with Gasteiger partial charge in [0.15, 0.2) is 0 Å². The zero-order valence-corrected chi connectivity index (χ0v) is 16.2. The number of benzene rings is 1. The van der Waals surface area contributed by atoms with E-state index in [-0.39, 0.29) is 24.1 Å². The average molecular weight is 430 g/mol. The van der Waals surface area contributed by atoms with E-state index in [2.05, 4.69) is 21.2 Å². The first-order valence-electron chi connectivity index (χ1n) is 7.75. The maximum Gasteiger partial charge on any atom is 0.330 e. The van der Waals surface area contributed by atoms with E-state index in [0.29, 0.717) is 15.2 Å². The highest BCUT2D eigenvalue weighted by molar-refractivity contribution is 9.10. The highest BCUT2D eigenvalue weighted by atomic mass is 79.9. The zero-order chi connectivity index (χ0) is 18.6. The van der Waals surface area contributed by atoms with Gasteiger partial charge in [-0.05, 0) is 47.8 Å². The van der Waals surface area contributed by atoms with Crippen LogP contribution in [0.5, 0.6) is 0 Å². The molecule has 1 aromatic rings. The Balaban J connectivity index is 2.22. The normalized spacial score (nSPS) is 13.6. The first kappa shape index (κ1) is 19.5. The second-order valence-corrected chi connectivity index (χ2v) is 6.82. The maximum absolute atomic E-state index is 12.7. The number of anilines is 1. The molecule has 1 fully saturated rings. The molecule has 134 valence electrons. The van der Waals surface area contributed by atoms with Crippen molar-refractivity contribution in [2.45, 2.75) is 25.8 Å². The molecule has 2 amide bonds. The quantitative estimate of drug-likeness (QED) is 0.555. The minimum absolute atomic E-state index is 0.220. The van der Waals surface area contributed by atoms with Crippen LogP contribution in [0.15, 0.2) is 28.8 Å². The van der Waals surface area contributed by atoms with Crippen LogP contribution >= 0.6 is 27.5 Å². The average Bonchev–Trinajstić information content (AvgIpc) is 3.39. The van der Waals surface area contributed by atoms with E-state index in [1.165, 1.54) is 6.07 Å². The van der Waals surface area contributed by atoms with Gasteiger partial charge in [0.25, 0.3) is 5.91 Å². The Kier molecular flexibility index (Phi) is 6.61. The van der Waals surface area contributed by atoms with E-state index < -0.39 is 11.9 Å². The van der Waals surface area contributed by atoms with Crippen molar-refractivity contribution in [3.63, 3.8) is 0 Å². The van der Waals surface area contributed by atoms with E-state index in [4.69, 9.17) is 16.3 Å². The molecule has 1 N–H and O–H groups in total. The summed E-state index contributed by atoms with van der Waals surface area (Å²) in [5.41, 5.74) is 0.590. The van der Waals surface area contributed by atoms with Crippen molar-refractivity contribution in [2.75, 3.05) is 19.0 Å². The SMILES string of the molecule is CCOC(=O)/C=C\C(=O)Nc1c(Br)cc(Cl)cc1C(=O)N(C)C1CC1. The molecule has 0 aromatic heterocycles. The van der Waals surface area contributed by atoms with Crippen LogP contribution in [-0.2, 0) is 14.3 Å². The Bertz CT molecular complexity index is 732. The molecule has 25 heavy (non-hydrogen) atoms. The first-order valence-corrected chi connectivity index (χ1v) is 8.92. The lowest BCUT2D eigenvalue weighted by Gasteiger charge is -2.19. The molecule has 0 heterocycles. The molecule has 0 aliphatic heterocycles. The van der Waals surface area contributed by atoms with Crippen molar-refractivity contribution < 1.29 is 19.1 Å². The lowest BCUT2D eigenvalue weighted by Crippen LogP contribution is -2.30. The molecule has 1 aliphatic rings. The fraction of sp³-hybridized carbons (Fsp3) is 0.353. The Morgan fingerprint density at radius 1 is 1.36 bits per heavy atom. The third kappa shape index (κ3) is 5.31. The molecule has 0 bridgehead atoms. The van der Waals surface area contributed by atoms with Gasteiger partial charge in [-0.25, -0.2) is 4.79 Å². The predicted octanol–water partition coefficient (Wildman–Crippen LogP) is 3.39. The van der Waals surface area contributed by atoms with Gasteiger partial charge in [0, 0.05) is 34.7 Å². The maximum atomic E-state index is 12.7. The summed E-state index contributed by atoms with van der Waals surface area (Å²) >= 11 is 9.37. The van der Waals surface area contributed by atoms with Crippen molar-refractivity contribution in [3.8, 4) is 0 Å². The van der Waals surface area contributed by atoms with E-state index in [0.717, 1.165) is 25.0 Å². The number of nitrogens with one attached hydrogen (secondary N) is 1. The smallest absolute Gasteiger partial charge is 0.330 e. The molecule has 6 nitrogen and oxygen atoms in total. The van der Waals surface area contributed by atoms with Crippen LogP contribution in [0, 0.1) is 0 Å². The summed E-state index contributed by atoms with van der Waals surface area (Å²) in [5.74, 6) is -1.40. The third-order valence-electron chi connectivity index (χ3n) is 3.61. The molecule has 0 spiro atoms. The van der Waals surface area contributed by atoms with Crippen molar-refractivity contribution in [2.24, 2.45) is 0 Å². The van der Waals surface area contributed by atoms with E-state index in [9.17, 15) is 14.4 Å². The fourth-order valence-electron chi connectivity index (χ4n) is 2.19. The van der Waals surface area contributed by atoms with E-state index in [1.54, 1.807) is 24.9 Å². The van der Waals surface area contributed by atoms with Crippen LogP contribution in [0.2, 0.25) is 5.02 Å². The first-order chi connectivity index (χ1) is 11.8. The Morgan fingerprint density at radius 2 is 2.04 bits per heavy atom. The van der Waals surface area contributed by atoms with Crippen molar-refractivity contribution in [1.82, 2.24) is 4.90 Å². The monoisotopic (exact) mass is 428 g/mol. The lowest BCUT2D eigenvalue weighted by atomic mass is 10.1. The van der Waals surface area contributed by atoms with Gasteiger partial charge in [-0.15, -0.1) is 0 Å². The molecule has 1 saturated carbocycles. The summed E-state index contributed by atoms with van der Waals surface area (Å²) in [4.78, 5) is 37.7. The van der Waals surface area contributed by atoms with Gasteiger partial charge in [-0.1, -0.05) is 11.6 Å². The number of carbonyl (C=O) groups excluding carboxylic acids is 3. The van der Waals surface area contributed by atoms with Gasteiger partial charge >= 0.3 is 5.97 Å². The predicted molar refractivity (Wildman–Crippen MR) is 98.7 cm³/mol. The van der Waals surface area contributed by atoms with Gasteiger partial charge in [0.05, 0.1) is 17.9 Å². The van der Waals surface area contributed by atoms with Crippen LogP contribution in [0.4, 0.5) is 5.69 Å². The Hall–Kier alpha value is -1.86. The van der Waals surface area contributed by atoms with Gasteiger partial charge in [0.2, 0.25) is 5.91 Å². The number of ether oxygens (including phenoxy) is 1. The number of rotatable bonds is 6. The molecule has 2 rings (SSSR count). The van der Waals surface area contributed by atoms with Crippen LogP contribution in [0.3, 0.4) is 0 Å². The van der Waals surface area contributed by atoms with Gasteiger partial charge in [-0.2, -0.15) is 0 Å². The molecular weight excluding hydrogens is 412 g/mol. The number of nitrogens with zero attached hydrogens (tertiary/aromatic N) is 1. The van der Waals surface area contributed by atoms with Gasteiger partial charge in [0.1, 0.15) is 0 Å². The standard InChI is InChI=1S/C17H18BrClN2O4/c1-3-25-15(23)7-6-14(22)20-16-12(8-10(19)9-13(16)18)17(24)21(2)11-4-5-11/h6-9,11H,3-5H2,1-2H3,(H,20,22)/b7-6-. The van der Waals surface area contributed by atoms with Crippen molar-refractivity contribution in [1.29, 1.82) is 0 Å². The topological polar surface area (TPSA) is 75.7 Å². The second kappa shape index (κ2) is 8.49. The molecular formula is C17H18BrClN2O4. The minimum Gasteiger partial charge on any atom is -0.463 e. The van der Waals surface area contributed by atoms with Gasteiger partial charge in [-0.3, -0.25) is 9.59 Å². The summed E-state index contributed by atoms with van der Waals surface area (Å²) in [7, 11) is 1.72. The number of halogens is 2. The van der Waals surface area contributed by atoms with Gasteiger partial charge < -0.3 is 15.0 Å². The summed E-state index contributed by atoms with van der Waals surface area (Å²) in [6, 6.07) is 3.32. The summed E-state index contributed by atoms with van der Waals surface area (Å²) in [6.45, 7) is 1.89. The molecule has 0 radical (unpaired) electrons. The number of carbonyl (C=O) groups is 3. The largest absolute Gasteiger partial charge is 0.463 e. The third-order valence-corrected chi connectivity index (χ3v) is 4.45. The fourth-order valence-corrected chi connectivity index (χ4v) is 3.10. The van der Waals surface area contributed by atoms with Crippen LogP contribution in [0.25, 0.3) is 0 Å². The van der Waals surface area contributed by atoms with Crippen LogP contribution in [-0.4, -0.2) is 42.4 Å². The van der Waals surface area contributed by atoms with E-state index in [1.807, 2.05) is 0 Å². The number of amides is 2. The molecule has 0 saturated heterocycles. The highest BCUT2D eigenvalue weighted by Crippen LogP contribution is 2.34. The van der Waals surface area contributed by atoms with Crippen molar-refractivity contribution in [3.05, 3.63) is 39.3 Å². The zero-order valence-electron chi connectivity index (χ0n) is 13.8. The van der Waals surface area contributed by atoms with Crippen molar-refractivity contribution >= 4 is 51.0 Å². The van der Waals surface area contributed by atoms with Crippen LogP contribution in [0.1, 0.15) is 30.1 Å². The number of esters is 1. The summed E-state index contributed by atoms with van der Waals surface area (Å²) in [5, 5.41) is 2.99. The number of hydrogen-bond donors (Lipinski definition) is 1. The second-order valence-electron chi connectivity index (χ2n) is 5.53. The molecule has 1 aromatic carbocycles. The summed E-state index contributed by atoms with van der Waals surface area (Å²) in [6.07, 6.45) is 4.01. The molecule has 0 unspecified atom stereocenters. The summed E-state index contributed by atoms with van der Waals surface area (Å²) < 4.78 is 5.19. The number of hydrogen-bond acceptors (Lipinski definition) is 4. The van der Waals surface area contributed by atoms with E-state index >= 15 is 0 Å². The van der Waals surface area contributed by atoms with Crippen LogP contribution < -0.4 is 5.32 Å².